The molecule has 1 aliphatic rings. The van der Waals surface area contributed by atoms with Gasteiger partial charge in [-0.3, -0.25) is 4.79 Å². The van der Waals surface area contributed by atoms with Crippen molar-refractivity contribution in [3.63, 3.8) is 0 Å². The average molecular weight is 382 g/mol. The average Bonchev–Trinajstić information content (AvgIpc) is 2.81. The fourth-order valence-electron chi connectivity index (χ4n) is 2.40. The van der Waals surface area contributed by atoms with E-state index in [1.54, 1.807) is 0 Å². The second kappa shape index (κ2) is 6.76. The number of benzene rings is 1. The van der Waals surface area contributed by atoms with E-state index in [-0.39, 0.29) is 17.2 Å². The first-order chi connectivity index (χ1) is 10.7. The van der Waals surface area contributed by atoms with Crippen molar-refractivity contribution in [2.24, 2.45) is 0 Å². The summed E-state index contributed by atoms with van der Waals surface area (Å²) < 4.78 is 53.6. The van der Waals surface area contributed by atoms with Crippen molar-refractivity contribution in [3.8, 4) is 0 Å². The number of esters is 1. The summed E-state index contributed by atoms with van der Waals surface area (Å²) in [7, 11) is -6.21. The van der Waals surface area contributed by atoms with Gasteiger partial charge in [0.05, 0.1) is 35.3 Å². The third-order valence-electron chi connectivity index (χ3n) is 3.58. The molecule has 23 heavy (non-hydrogen) atoms. The molecule has 1 saturated heterocycles. The Morgan fingerprint density at radius 3 is 2.48 bits per heavy atom. The van der Waals surface area contributed by atoms with Crippen LogP contribution in [0.4, 0.5) is 0 Å². The summed E-state index contributed by atoms with van der Waals surface area (Å²) in [6, 6.07) is 4.64. The van der Waals surface area contributed by atoms with E-state index in [2.05, 4.69) is 10.1 Å². The molecule has 0 radical (unpaired) electrons. The number of carbonyl (C=O) groups is 1. The number of methoxy groups -OCH3 is 1. The van der Waals surface area contributed by atoms with Crippen LogP contribution in [0.25, 0.3) is 0 Å². The molecule has 1 fully saturated rings. The smallest absolute Gasteiger partial charge is 0.319 e. The second-order valence-electron chi connectivity index (χ2n) is 5.18. The van der Waals surface area contributed by atoms with Gasteiger partial charge in [-0.15, -0.1) is 0 Å². The van der Waals surface area contributed by atoms with Gasteiger partial charge in [-0.1, -0.05) is 11.6 Å². The van der Waals surface area contributed by atoms with E-state index in [1.807, 2.05) is 0 Å². The standard InChI is InChI=1S/C13H16ClNO6S2/c1-21-13(16)6-15-11-7-22(17,18)8-12(11)23(19,20)10-4-2-9(14)3-5-10/h2-5,11-12,15H,6-8H2,1H3/t11-,12-/m0/s1. The van der Waals surface area contributed by atoms with Crippen molar-refractivity contribution in [2.45, 2.75) is 16.2 Å². The molecule has 7 nitrogen and oxygen atoms in total. The van der Waals surface area contributed by atoms with Gasteiger partial charge in [-0.25, -0.2) is 16.8 Å². The first-order valence-electron chi connectivity index (χ1n) is 6.66. The molecule has 0 unspecified atom stereocenters. The predicted octanol–water partition coefficient (Wildman–Crippen LogP) is 0.0419. The Morgan fingerprint density at radius 1 is 1.30 bits per heavy atom. The highest BCUT2D eigenvalue weighted by atomic mass is 35.5. The summed E-state index contributed by atoms with van der Waals surface area (Å²) >= 11 is 5.74. The van der Waals surface area contributed by atoms with E-state index in [1.165, 1.54) is 31.4 Å². The number of nitrogens with one attached hydrogen (secondary N) is 1. The lowest BCUT2D eigenvalue weighted by Gasteiger charge is -2.19. The van der Waals surface area contributed by atoms with Crippen LogP contribution in [0.15, 0.2) is 29.2 Å². The highest BCUT2D eigenvalue weighted by Crippen LogP contribution is 2.26. The number of sulfone groups is 2. The topological polar surface area (TPSA) is 107 Å². The van der Waals surface area contributed by atoms with Crippen molar-refractivity contribution in [3.05, 3.63) is 29.3 Å². The Bertz CT molecular complexity index is 788. The molecule has 2 atom stereocenters. The first kappa shape index (κ1) is 18.2. The Hall–Kier alpha value is -1.16. The summed E-state index contributed by atoms with van der Waals surface area (Å²) in [6.45, 7) is -0.261. The molecular formula is C13H16ClNO6S2. The Morgan fingerprint density at radius 2 is 1.91 bits per heavy atom. The summed E-state index contributed by atoms with van der Waals surface area (Å²) in [5, 5.41) is 1.88. The van der Waals surface area contributed by atoms with E-state index >= 15 is 0 Å². The SMILES string of the molecule is COC(=O)CN[C@H]1CS(=O)(=O)C[C@@H]1S(=O)(=O)c1ccc(Cl)cc1. The van der Waals surface area contributed by atoms with Gasteiger partial charge in [0.15, 0.2) is 19.7 Å². The minimum Gasteiger partial charge on any atom is -0.468 e. The van der Waals surface area contributed by atoms with Crippen molar-refractivity contribution in [2.75, 3.05) is 25.2 Å². The van der Waals surface area contributed by atoms with Gasteiger partial charge in [0.2, 0.25) is 0 Å². The molecule has 1 N–H and O–H groups in total. The first-order valence-corrected chi connectivity index (χ1v) is 10.4. The van der Waals surface area contributed by atoms with Gasteiger partial charge >= 0.3 is 5.97 Å². The minimum atomic E-state index is -3.88. The Kier molecular flexibility index (Phi) is 5.34. The number of ether oxygens (including phenoxy) is 1. The van der Waals surface area contributed by atoms with E-state index in [0.717, 1.165) is 0 Å². The molecule has 0 saturated carbocycles. The van der Waals surface area contributed by atoms with Gasteiger partial charge < -0.3 is 10.1 Å². The van der Waals surface area contributed by atoms with Gasteiger partial charge in [0, 0.05) is 11.1 Å². The molecule has 2 rings (SSSR count). The maximum atomic E-state index is 12.7. The third-order valence-corrected chi connectivity index (χ3v) is 8.00. The molecule has 1 aliphatic heterocycles. The molecule has 10 heteroatoms. The minimum absolute atomic E-state index is 0.00568. The number of halogens is 1. The van der Waals surface area contributed by atoms with Gasteiger partial charge in [0.1, 0.15) is 0 Å². The van der Waals surface area contributed by atoms with E-state index in [0.29, 0.717) is 5.02 Å². The zero-order valence-corrected chi connectivity index (χ0v) is 14.6. The summed E-state index contributed by atoms with van der Waals surface area (Å²) in [5.74, 6) is -1.44. The fourth-order valence-corrected chi connectivity index (χ4v) is 7.24. The molecule has 1 aromatic rings. The zero-order valence-electron chi connectivity index (χ0n) is 12.2. The molecule has 1 aromatic carbocycles. The maximum Gasteiger partial charge on any atom is 0.319 e. The van der Waals surface area contributed by atoms with Crippen molar-refractivity contribution in [1.82, 2.24) is 5.32 Å². The Balaban J connectivity index is 2.29. The van der Waals surface area contributed by atoms with Crippen LogP contribution in [0.1, 0.15) is 0 Å². The highest BCUT2D eigenvalue weighted by Gasteiger charge is 2.45. The molecule has 0 aromatic heterocycles. The number of hydrogen-bond donors (Lipinski definition) is 1. The number of carbonyl (C=O) groups excluding carboxylic acids is 1. The maximum absolute atomic E-state index is 12.7. The van der Waals surface area contributed by atoms with Crippen LogP contribution in [0, 0.1) is 0 Å². The zero-order chi connectivity index (χ0) is 17.3. The van der Waals surface area contributed by atoms with Crippen LogP contribution in [-0.4, -0.2) is 59.3 Å². The van der Waals surface area contributed by atoms with Crippen LogP contribution in [0.3, 0.4) is 0 Å². The van der Waals surface area contributed by atoms with Crippen molar-refractivity contribution >= 4 is 37.2 Å². The normalized spacial score (nSPS) is 23.6. The van der Waals surface area contributed by atoms with Crippen LogP contribution in [0.2, 0.25) is 5.02 Å². The van der Waals surface area contributed by atoms with Crippen molar-refractivity contribution in [1.29, 1.82) is 0 Å². The molecule has 0 bridgehead atoms. The van der Waals surface area contributed by atoms with E-state index in [4.69, 9.17) is 11.6 Å². The van der Waals surface area contributed by atoms with E-state index in [9.17, 15) is 21.6 Å². The van der Waals surface area contributed by atoms with Crippen LogP contribution < -0.4 is 5.32 Å². The third kappa shape index (κ3) is 4.23. The van der Waals surface area contributed by atoms with Crippen molar-refractivity contribution < 1.29 is 26.4 Å². The molecule has 0 spiro atoms. The summed E-state index contributed by atoms with van der Waals surface area (Å²) in [6.07, 6.45) is 0. The Labute approximate surface area is 139 Å². The van der Waals surface area contributed by atoms with Gasteiger partial charge in [-0.05, 0) is 24.3 Å². The molecule has 1 heterocycles. The molecule has 128 valence electrons. The van der Waals surface area contributed by atoms with E-state index < -0.39 is 42.7 Å². The van der Waals surface area contributed by atoms with Crippen LogP contribution in [-0.2, 0) is 29.2 Å². The van der Waals surface area contributed by atoms with Gasteiger partial charge in [-0.2, -0.15) is 0 Å². The quantitative estimate of drug-likeness (QED) is 0.717. The van der Waals surface area contributed by atoms with Crippen LogP contribution in [0.5, 0.6) is 0 Å². The van der Waals surface area contributed by atoms with Gasteiger partial charge in [0.25, 0.3) is 0 Å². The fraction of sp³-hybridized carbons (Fsp3) is 0.462. The lowest BCUT2D eigenvalue weighted by molar-refractivity contribution is -0.139. The summed E-state index contributed by atoms with van der Waals surface area (Å²) in [4.78, 5) is 11.2. The van der Waals surface area contributed by atoms with Crippen LogP contribution >= 0.6 is 11.6 Å². The molecule has 0 amide bonds. The monoisotopic (exact) mass is 381 g/mol. The molecular weight excluding hydrogens is 366 g/mol. The highest BCUT2D eigenvalue weighted by molar-refractivity contribution is 7.96. The lowest BCUT2D eigenvalue weighted by Crippen LogP contribution is -2.45. The number of rotatable bonds is 5. The second-order valence-corrected chi connectivity index (χ2v) is 9.93. The lowest BCUT2D eigenvalue weighted by atomic mass is 10.2. The summed E-state index contributed by atoms with van der Waals surface area (Å²) in [5.41, 5.74) is 0. The predicted molar refractivity (Wildman–Crippen MR) is 84.9 cm³/mol. The number of hydrogen-bond acceptors (Lipinski definition) is 7. The molecule has 0 aliphatic carbocycles. The largest absolute Gasteiger partial charge is 0.468 e.